The normalized spacial score (nSPS) is 12.3. The van der Waals surface area contributed by atoms with Crippen LogP contribution in [0, 0.1) is 5.92 Å². The summed E-state index contributed by atoms with van der Waals surface area (Å²) in [5.74, 6) is 0.203. The van der Waals surface area contributed by atoms with Crippen molar-refractivity contribution in [3.8, 4) is 5.75 Å². The highest BCUT2D eigenvalue weighted by atomic mass is 35.5. The number of aromatic nitrogens is 2. The molecule has 7 heteroatoms. The quantitative estimate of drug-likeness (QED) is 0.771. The molecule has 1 unspecified atom stereocenters. The van der Waals surface area contributed by atoms with Crippen molar-refractivity contribution in [2.75, 3.05) is 12.4 Å². The summed E-state index contributed by atoms with van der Waals surface area (Å²) >= 11 is 5.84. The van der Waals surface area contributed by atoms with Crippen LogP contribution in [0.1, 0.15) is 13.8 Å². The van der Waals surface area contributed by atoms with Gasteiger partial charge in [-0.25, -0.2) is 9.97 Å². The van der Waals surface area contributed by atoms with Crippen molar-refractivity contribution < 1.29 is 9.53 Å². The first-order chi connectivity index (χ1) is 7.97. The van der Waals surface area contributed by atoms with Crippen LogP contribution in [-0.4, -0.2) is 29.0 Å². The van der Waals surface area contributed by atoms with Crippen LogP contribution in [-0.2, 0) is 4.79 Å². The molecule has 1 aromatic heterocycles. The van der Waals surface area contributed by atoms with E-state index in [2.05, 4.69) is 15.3 Å². The molecule has 0 aliphatic rings. The van der Waals surface area contributed by atoms with Crippen LogP contribution < -0.4 is 15.8 Å². The predicted octanol–water partition coefficient (Wildman–Crippen LogP) is 1.06. The number of nitrogens with zero attached hydrogens (tertiary/aromatic N) is 2. The molecule has 0 radical (unpaired) electrons. The highest BCUT2D eigenvalue weighted by Crippen LogP contribution is 2.29. The second-order valence-electron chi connectivity index (χ2n) is 3.81. The number of nitrogens with two attached hydrogens (primary N) is 1. The summed E-state index contributed by atoms with van der Waals surface area (Å²) in [6.45, 7) is 3.75. The number of ether oxygens (including phenoxy) is 1. The molecule has 3 N–H and O–H groups in total. The fourth-order valence-corrected chi connectivity index (χ4v) is 1.56. The molecule has 0 saturated carbocycles. The summed E-state index contributed by atoms with van der Waals surface area (Å²) in [6, 6.07) is -0.546. The lowest BCUT2D eigenvalue weighted by Gasteiger charge is -2.20. The van der Waals surface area contributed by atoms with Crippen LogP contribution in [0.15, 0.2) is 6.33 Å². The summed E-state index contributed by atoms with van der Waals surface area (Å²) < 4.78 is 5.06. The van der Waals surface area contributed by atoms with Gasteiger partial charge in [0.15, 0.2) is 16.7 Å². The molecule has 94 valence electrons. The third kappa shape index (κ3) is 3.20. The Morgan fingerprint density at radius 1 is 1.53 bits per heavy atom. The second-order valence-corrected chi connectivity index (χ2v) is 4.17. The molecule has 0 aromatic carbocycles. The molecular formula is C10H15ClN4O2. The molecule has 1 rings (SSSR count). The number of rotatable bonds is 5. The first-order valence-corrected chi connectivity index (χ1v) is 5.45. The first-order valence-electron chi connectivity index (χ1n) is 5.07. The Morgan fingerprint density at radius 2 is 2.18 bits per heavy atom. The van der Waals surface area contributed by atoms with Crippen LogP contribution in [0.2, 0.25) is 5.15 Å². The molecule has 0 spiro atoms. The highest BCUT2D eigenvalue weighted by molar-refractivity contribution is 6.31. The maximum Gasteiger partial charge on any atom is 0.240 e. The second kappa shape index (κ2) is 5.67. The predicted molar refractivity (Wildman–Crippen MR) is 65.0 cm³/mol. The molecule has 17 heavy (non-hydrogen) atoms. The van der Waals surface area contributed by atoms with E-state index in [9.17, 15) is 4.79 Å². The fourth-order valence-electron chi connectivity index (χ4n) is 1.35. The number of methoxy groups -OCH3 is 1. The molecule has 6 nitrogen and oxygen atoms in total. The zero-order valence-corrected chi connectivity index (χ0v) is 10.7. The van der Waals surface area contributed by atoms with E-state index in [-0.39, 0.29) is 11.1 Å². The van der Waals surface area contributed by atoms with Crippen molar-refractivity contribution in [3.05, 3.63) is 11.5 Å². The average Bonchev–Trinajstić information content (AvgIpc) is 2.25. The summed E-state index contributed by atoms with van der Waals surface area (Å²) in [7, 11) is 1.45. The number of hydrogen-bond donors (Lipinski definition) is 2. The van der Waals surface area contributed by atoms with Gasteiger partial charge in [0, 0.05) is 0 Å². The topological polar surface area (TPSA) is 90.1 Å². The average molecular weight is 259 g/mol. The number of carbonyl (C=O) groups is 1. The van der Waals surface area contributed by atoms with Gasteiger partial charge in [-0.15, -0.1) is 0 Å². The minimum atomic E-state index is -0.546. The van der Waals surface area contributed by atoms with E-state index < -0.39 is 11.9 Å². The van der Waals surface area contributed by atoms with Crippen LogP contribution in [0.4, 0.5) is 5.82 Å². The Bertz CT molecular complexity index is 411. The van der Waals surface area contributed by atoms with E-state index in [1.807, 2.05) is 13.8 Å². The van der Waals surface area contributed by atoms with Crippen LogP contribution in [0.3, 0.4) is 0 Å². The van der Waals surface area contributed by atoms with Crippen molar-refractivity contribution in [2.45, 2.75) is 19.9 Å². The van der Waals surface area contributed by atoms with E-state index in [1.54, 1.807) is 0 Å². The van der Waals surface area contributed by atoms with Gasteiger partial charge < -0.3 is 15.8 Å². The van der Waals surface area contributed by atoms with Crippen LogP contribution >= 0.6 is 11.6 Å². The smallest absolute Gasteiger partial charge is 0.240 e. The van der Waals surface area contributed by atoms with Crippen molar-refractivity contribution in [1.29, 1.82) is 0 Å². The minimum absolute atomic E-state index is 0.0194. The maximum atomic E-state index is 11.3. The molecule has 0 aliphatic heterocycles. The molecule has 1 atom stereocenters. The molecule has 0 saturated heterocycles. The first kappa shape index (κ1) is 13.5. The lowest BCUT2D eigenvalue weighted by atomic mass is 10.0. The molecule has 1 aromatic rings. The van der Waals surface area contributed by atoms with Crippen molar-refractivity contribution in [3.63, 3.8) is 0 Å². The summed E-state index contributed by atoms with van der Waals surface area (Å²) in [4.78, 5) is 19.0. The third-order valence-electron chi connectivity index (χ3n) is 2.23. The minimum Gasteiger partial charge on any atom is -0.490 e. The SMILES string of the molecule is COc1c(Cl)ncnc1NC(C(N)=O)C(C)C. The number of anilines is 1. The van der Waals surface area contributed by atoms with Crippen molar-refractivity contribution in [1.82, 2.24) is 9.97 Å². The van der Waals surface area contributed by atoms with Gasteiger partial charge in [0.2, 0.25) is 5.91 Å². The number of nitrogens with one attached hydrogen (secondary N) is 1. The zero-order valence-electron chi connectivity index (χ0n) is 9.90. The van der Waals surface area contributed by atoms with Crippen molar-refractivity contribution >= 4 is 23.3 Å². The number of halogens is 1. The lowest BCUT2D eigenvalue weighted by molar-refractivity contribution is -0.119. The van der Waals surface area contributed by atoms with E-state index in [0.717, 1.165) is 0 Å². The van der Waals surface area contributed by atoms with E-state index in [1.165, 1.54) is 13.4 Å². The summed E-state index contributed by atoms with van der Waals surface area (Å²) in [5.41, 5.74) is 5.30. The Balaban J connectivity index is 3.01. The van der Waals surface area contributed by atoms with Gasteiger partial charge in [-0.2, -0.15) is 0 Å². The van der Waals surface area contributed by atoms with Gasteiger partial charge in [0.25, 0.3) is 0 Å². The monoisotopic (exact) mass is 258 g/mol. The standard InChI is InChI=1S/C10H15ClN4O2/c1-5(2)6(9(12)16)15-10-7(17-3)8(11)13-4-14-10/h4-6H,1-3H3,(H2,12,16)(H,13,14,15). The molecule has 1 heterocycles. The number of hydrogen-bond acceptors (Lipinski definition) is 5. The molecule has 0 fully saturated rings. The largest absolute Gasteiger partial charge is 0.490 e. The van der Waals surface area contributed by atoms with Crippen LogP contribution in [0.25, 0.3) is 0 Å². The van der Waals surface area contributed by atoms with E-state index >= 15 is 0 Å². The van der Waals surface area contributed by atoms with Gasteiger partial charge in [-0.05, 0) is 5.92 Å². The molecule has 1 amide bonds. The van der Waals surface area contributed by atoms with Gasteiger partial charge in [0.05, 0.1) is 7.11 Å². The Kier molecular flexibility index (Phi) is 4.51. The zero-order chi connectivity index (χ0) is 13.0. The Morgan fingerprint density at radius 3 is 2.65 bits per heavy atom. The Hall–Kier alpha value is -1.56. The van der Waals surface area contributed by atoms with Crippen LogP contribution in [0.5, 0.6) is 5.75 Å². The van der Waals surface area contributed by atoms with Gasteiger partial charge in [-0.1, -0.05) is 25.4 Å². The third-order valence-corrected chi connectivity index (χ3v) is 2.50. The number of carbonyl (C=O) groups excluding carboxylic acids is 1. The van der Waals surface area contributed by atoms with Gasteiger partial charge >= 0.3 is 0 Å². The number of amides is 1. The molecule has 0 bridgehead atoms. The maximum absolute atomic E-state index is 11.3. The Labute approximate surface area is 105 Å². The lowest BCUT2D eigenvalue weighted by Crippen LogP contribution is -2.39. The fraction of sp³-hybridized carbons (Fsp3) is 0.500. The van der Waals surface area contributed by atoms with Gasteiger partial charge in [-0.3, -0.25) is 4.79 Å². The van der Waals surface area contributed by atoms with E-state index in [0.29, 0.717) is 11.6 Å². The molecular weight excluding hydrogens is 244 g/mol. The summed E-state index contributed by atoms with van der Waals surface area (Å²) in [5, 5.41) is 3.08. The van der Waals surface area contributed by atoms with E-state index in [4.69, 9.17) is 22.1 Å². The number of primary amides is 1. The van der Waals surface area contributed by atoms with Crippen molar-refractivity contribution in [2.24, 2.45) is 11.7 Å². The summed E-state index contributed by atoms with van der Waals surface area (Å²) in [6.07, 6.45) is 1.28. The highest BCUT2D eigenvalue weighted by Gasteiger charge is 2.22. The molecule has 0 aliphatic carbocycles. The van der Waals surface area contributed by atoms with Gasteiger partial charge in [0.1, 0.15) is 12.4 Å².